The lowest BCUT2D eigenvalue weighted by Crippen LogP contribution is -2.50. The zero-order valence-electron chi connectivity index (χ0n) is 18.7. The predicted molar refractivity (Wildman–Crippen MR) is 122 cm³/mol. The van der Waals surface area contributed by atoms with Gasteiger partial charge in [-0.3, -0.25) is 9.59 Å². The molecule has 1 amide bonds. The van der Waals surface area contributed by atoms with E-state index in [1.165, 1.54) is 5.01 Å². The number of ketones is 1. The van der Waals surface area contributed by atoms with Gasteiger partial charge in [0.15, 0.2) is 5.78 Å². The molecule has 32 heavy (non-hydrogen) atoms. The minimum atomic E-state index is -1.41. The molecule has 0 saturated carbocycles. The molecule has 164 valence electrons. The summed E-state index contributed by atoms with van der Waals surface area (Å²) in [5.41, 5.74) is 0.872. The fourth-order valence-electron chi connectivity index (χ4n) is 5.20. The third kappa shape index (κ3) is 2.82. The van der Waals surface area contributed by atoms with Crippen LogP contribution in [0.25, 0.3) is 0 Å². The van der Waals surface area contributed by atoms with Crippen LogP contribution in [0.2, 0.25) is 0 Å². The van der Waals surface area contributed by atoms with Crippen molar-refractivity contribution in [1.82, 2.24) is 0 Å². The van der Waals surface area contributed by atoms with Crippen molar-refractivity contribution in [2.75, 3.05) is 12.1 Å². The summed E-state index contributed by atoms with van der Waals surface area (Å²) in [6.45, 7) is 5.90. The van der Waals surface area contributed by atoms with Crippen molar-refractivity contribution >= 4 is 23.1 Å². The quantitative estimate of drug-likeness (QED) is 0.713. The Morgan fingerprint density at radius 3 is 2.44 bits per heavy atom. The number of rotatable bonds is 3. The van der Waals surface area contributed by atoms with Gasteiger partial charge in [-0.05, 0) is 30.5 Å². The molecule has 2 heterocycles. The molecule has 2 aromatic carbocycles. The molecule has 1 spiro atoms. The zero-order valence-corrected chi connectivity index (χ0v) is 18.7. The molecule has 0 unspecified atom stereocenters. The number of carbonyl (C=O) groups is 2. The smallest absolute Gasteiger partial charge is 0.298 e. The summed E-state index contributed by atoms with van der Waals surface area (Å²) >= 11 is 0. The van der Waals surface area contributed by atoms with Crippen LogP contribution in [-0.4, -0.2) is 30.1 Å². The highest BCUT2D eigenvalue weighted by atomic mass is 16.5. The van der Waals surface area contributed by atoms with E-state index in [0.717, 1.165) is 5.56 Å². The van der Waals surface area contributed by atoms with Gasteiger partial charge in [0.25, 0.3) is 5.91 Å². The van der Waals surface area contributed by atoms with E-state index in [-0.39, 0.29) is 17.1 Å². The molecule has 6 heteroatoms. The van der Waals surface area contributed by atoms with Crippen LogP contribution in [0.1, 0.15) is 45.1 Å². The van der Waals surface area contributed by atoms with Crippen molar-refractivity contribution in [2.45, 2.75) is 45.1 Å². The maximum Gasteiger partial charge on any atom is 0.298 e. The minimum Gasteiger partial charge on any atom is -0.496 e. The lowest BCUT2D eigenvalue weighted by molar-refractivity contribution is -0.130. The topological polar surface area (TPSA) is 68.2 Å². The second kappa shape index (κ2) is 7.05. The Balaban J connectivity index is 1.71. The number of hydrogen-bond acceptors (Lipinski definition) is 5. The summed E-state index contributed by atoms with van der Waals surface area (Å²) in [5, 5.41) is 6.02. The molecule has 2 atom stereocenters. The van der Waals surface area contributed by atoms with Crippen LogP contribution in [0.4, 0.5) is 5.69 Å². The number of methoxy groups -OCH3 is 1. The molecular formula is C26H26N2O4. The van der Waals surface area contributed by atoms with Crippen molar-refractivity contribution in [3.05, 3.63) is 71.5 Å². The van der Waals surface area contributed by atoms with Crippen LogP contribution in [0.15, 0.2) is 71.0 Å². The molecule has 6 nitrogen and oxygen atoms in total. The maximum atomic E-state index is 14.0. The van der Waals surface area contributed by atoms with Gasteiger partial charge in [0.05, 0.1) is 24.4 Å². The van der Waals surface area contributed by atoms with Gasteiger partial charge >= 0.3 is 0 Å². The molecule has 0 aromatic heterocycles. The molecule has 0 N–H and O–H groups in total. The van der Waals surface area contributed by atoms with E-state index in [1.807, 2.05) is 54.6 Å². The Morgan fingerprint density at radius 2 is 1.72 bits per heavy atom. The van der Waals surface area contributed by atoms with Gasteiger partial charge < -0.3 is 9.47 Å². The van der Waals surface area contributed by atoms with Crippen molar-refractivity contribution in [3.8, 4) is 5.75 Å². The van der Waals surface area contributed by atoms with Gasteiger partial charge in [-0.1, -0.05) is 50.2 Å². The molecule has 5 rings (SSSR count). The molecule has 2 aromatic rings. The van der Waals surface area contributed by atoms with Gasteiger partial charge in [-0.2, -0.15) is 10.1 Å². The van der Waals surface area contributed by atoms with Crippen LogP contribution in [0.3, 0.4) is 0 Å². The lowest BCUT2D eigenvalue weighted by Gasteiger charge is -2.31. The maximum absolute atomic E-state index is 14.0. The van der Waals surface area contributed by atoms with Crippen molar-refractivity contribution in [2.24, 2.45) is 10.5 Å². The molecular weight excluding hydrogens is 404 g/mol. The number of benzene rings is 2. The Hall–Kier alpha value is -3.41. The number of nitrogens with zero attached hydrogens (tertiary/aromatic N) is 2. The molecule has 0 saturated heterocycles. The largest absolute Gasteiger partial charge is 0.496 e. The van der Waals surface area contributed by atoms with Crippen LogP contribution in [0.5, 0.6) is 5.75 Å². The van der Waals surface area contributed by atoms with E-state index in [1.54, 1.807) is 14.0 Å². The number of allylic oxidation sites excluding steroid dienone is 1. The van der Waals surface area contributed by atoms with Gasteiger partial charge in [-0.25, -0.2) is 0 Å². The normalized spacial score (nSPS) is 26.3. The van der Waals surface area contributed by atoms with Crippen LogP contribution in [-0.2, 0) is 14.3 Å². The van der Waals surface area contributed by atoms with Crippen LogP contribution in [0, 0.1) is 5.41 Å². The summed E-state index contributed by atoms with van der Waals surface area (Å²) in [4.78, 5) is 27.5. The number of para-hydroxylation sites is 2. The SMILES string of the molecule is COc1ccccc1[C@H]1C2=C(CC(C)(C)CC2=O)O[C@]12C(=O)N(c1ccccc1)N=C2C. The first-order valence-electron chi connectivity index (χ1n) is 10.8. The predicted octanol–water partition coefficient (Wildman–Crippen LogP) is 4.61. The summed E-state index contributed by atoms with van der Waals surface area (Å²) in [6, 6.07) is 16.8. The van der Waals surface area contributed by atoms with Gasteiger partial charge in [0.1, 0.15) is 11.5 Å². The van der Waals surface area contributed by atoms with Gasteiger partial charge in [0.2, 0.25) is 5.60 Å². The molecule has 0 bridgehead atoms. The first-order valence-corrected chi connectivity index (χ1v) is 10.8. The van der Waals surface area contributed by atoms with E-state index in [0.29, 0.717) is 41.3 Å². The van der Waals surface area contributed by atoms with Crippen LogP contribution >= 0.6 is 0 Å². The third-order valence-corrected chi connectivity index (χ3v) is 6.61. The fourth-order valence-corrected chi connectivity index (χ4v) is 5.20. The Bertz CT molecular complexity index is 1180. The number of carbonyl (C=O) groups excluding carboxylic acids is 2. The summed E-state index contributed by atoms with van der Waals surface area (Å²) in [6.07, 6.45) is 0.997. The van der Waals surface area contributed by atoms with E-state index in [4.69, 9.17) is 9.47 Å². The second-order valence-electron chi connectivity index (χ2n) is 9.43. The number of Topliss-reactive ketones (excluding diaryl/α,β-unsaturated/α-hetero) is 1. The fraction of sp³-hybridized carbons (Fsp3) is 0.346. The van der Waals surface area contributed by atoms with Crippen LogP contribution < -0.4 is 9.75 Å². The van der Waals surface area contributed by atoms with Crippen molar-refractivity contribution < 1.29 is 19.1 Å². The summed E-state index contributed by atoms with van der Waals surface area (Å²) in [7, 11) is 1.59. The highest BCUT2D eigenvalue weighted by molar-refractivity contribution is 6.24. The number of ether oxygens (including phenoxy) is 2. The Kier molecular flexibility index (Phi) is 4.52. The van der Waals surface area contributed by atoms with E-state index in [9.17, 15) is 9.59 Å². The van der Waals surface area contributed by atoms with Gasteiger partial charge in [-0.15, -0.1) is 0 Å². The number of anilines is 1. The molecule has 0 radical (unpaired) electrons. The summed E-state index contributed by atoms with van der Waals surface area (Å²) in [5.74, 6) is 0.313. The van der Waals surface area contributed by atoms with E-state index < -0.39 is 11.5 Å². The lowest BCUT2D eigenvalue weighted by atomic mass is 9.69. The average Bonchev–Trinajstić information content (AvgIpc) is 3.23. The number of amides is 1. The van der Waals surface area contributed by atoms with Crippen molar-refractivity contribution in [1.29, 1.82) is 0 Å². The highest BCUT2D eigenvalue weighted by Gasteiger charge is 2.65. The second-order valence-corrected chi connectivity index (χ2v) is 9.43. The van der Waals surface area contributed by atoms with E-state index in [2.05, 4.69) is 18.9 Å². The molecule has 3 aliphatic rings. The minimum absolute atomic E-state index is 0.0165. The Labute approximate surface area is 187 Å². The number of hydrogen-bond donors (Lipinski definition) is 0. The monoisotopic (exact) mass is 430 g/mol. The third-order valence-electron chi connectivity index (χ3n) is 6.61. The summed E-state index contributed by atoms with van der Waals surface area (Å²) < 4.78 is 12.2. The van der Waals surface area contributed by atoms with Gasteiger partial charge in [0, 0.05) is 24.0 Å². The number of hydrazone groups is 1. The molecule has 1 aliphatic carbocycles. The molecule has 0 fully saturated rings. The Morgan fingerprint density at radius 1 is 1.03 bits per heavy atom. The highest BCUT2D eigenvalue weighted by Crippen LogP contribution is 2.57. The first kappa shape index (κ1) is 20.5. The zero-order chi connectivity index (χ0) is 22.7. The standard InChI is InChI=1S/C26H26N2O4/c1-16-26(24(30)28(27-16)17-10-6-5-7-11-17)23(18-12-8-9-13-20(18)31-4)22-19(29)14-25(2,3)15-21(22)32-26/h5-13,23H,14-15H2,1-4H3/t23-,26-/m0/s1. The first-order chi connectivity index (χ1) is 15.3. The van der Waals surface area contributed by atoms with E-state index >= 15 is 0 Å². The molecule has 2 aliphatic heterocycles. The van der Waals surface area contributed by atoms with Crippen molar-refractivity contribution in [3.63, 3.8) is 0 Å². The average molecular weight is 431 g/mol.